The maximum Gasteiger partial charge on any atom is 0.342 e. The number of esters is 1. The molecular weight excluding hydrogens is 566 g/mol. The average molecular weight is 607 g/mol. The van der Waals surface area contributed by atoms with E-state index in [1.165, 1.54) is 17.0 Å². The highest BCUT2D eigenvalue weighted by molar-refractivity contribution is 7.81. The van der Waals surface area contributed by atoms with E-state index < -0.39 is 22.1 Å². The summed E-state index contributed by atoms with van der Waals surface area (Å²) >= 11 is 0. The van der Waals surface area contributed by atoms with Crippen molar-refractivity contribution < 1.29 is 14.3 Å². The van der Waals surface area contributed by atoms with Crippen molar-refractivity contribution in [3.05, 3.63) is 132 Å². The fraction of sp³-hybridized carbons (Fsp3) is 0.289. The van der Waals surface area contributed by atoms with Crippen LogP contribution in [0.1, 0.15) is 40.0 Å². The van der Waals surface area contributed by atoms with Gasteiger partial charge < -0.3 is 9.47 Å². The van der Waals surface area contributed by atoms with Crippen molar-refractivity contribution in [2.75, 3.05) is 0 Å². The van der Waals surface area contributed by atoms with Gasteiger partial charge in [0.15, 0.2) is 0 Å². The predicted molar refractivity (Wildman–Crippen MR) is 181 cm³/mol. The van der Waals surface area contributed by atoms with E-state index in [1.54, 1.807) is 0 Å². The summed E-state index contributed by atoms with van der Waals surface area (Å²) in [6, 6.07) is 42.2. The van der Waals surface area contributed by atoms with Crippen molar-refractivity contribution in [1.82, 2.24) is 0 Å². The summed E-state index contributed by atoms with van der Waals surface area (Å²) in [6.07, 6.45) is 2.67. The molecular formula is C38H40O3P2. The molecule has 3 unspecified atom stereocenters. The third-order valence-electron chi connectivity index (χ3n) is 8.66. The zero-order chi connectivity index (χ0) is 29.8. The Kier molecular flexibility index (Phi) is 9.54. The standard InChI is InChI=1S/C38H40O3P2/c1-27(2)33-25-24-28(3)26-34(33)40-38-36(43(31-20-12-6-13-21-31)32-22-14-7-15-23-32)35(37(39)41-38)42(29-16-8-4-9-17-29)30-18-10-5-11-19-30/h4-23,27-28,33-34,38H,24-26H2,1-3H3/t28?,33?,34?,38-/m0/s1. The van der Waals surface area contributed by atoms with Crippen molar-refractivity contribution in [2.24, 2.45) is 17.8 Å². The monoisotopic (exact) mass is 606 g/mol. The number of rotatable bonds is 9. The average Bonchev–Trinajstić information content (AvgIpc) is 3.34. The highest BCUT2D eigenvalue weighted by atomic mass is 31.1. The van der Waals surface area contributed by atoms with E-state index in [2.05, 4.69) is 130 Å². The van der Waals surface area contributed by atoms with Gasteiger partial charge in [0.1, 0.15) is 0 Å². The van der Waals surface area contributed by atoms with Crippen molar-refractivity contribution >= 4 is 43.0 Å². The van der Waals surface area contributed by atoms with Crippen LogP contribution in [-0.4, -0.2) is 18.4 Å². The molecule has 3 nitrogen and oxygen atoms in total. The second-order valence-electron chi connectivity index (χ2n) is 12.0. The van der Waals surface area contributed by atoms with Crippen LogP contribution in [0.3, 0.4) is 0 Å². The number of hydrogen-bond donors (Lipinski definition) is 0. The Balaban J connectivity index is 1.58. The molecule has 5 heteroatoms. The van der Waals surface area contributed by atoms with E-state index in [-0.39, 0.29) is 12.1 Å². The molecule has 1 aliphatic carbocycles. The second-order valence-corrected chi connectivity index (χ2v) is 16.3. The quantitative estimate of drug-likeness (QED) is 0.144. The van der Waals surface area contributed by atoms with Gasteiger partial charge in [0.05, 0.1) is 11.4 Å². The highest BCUT2D eigenvalue weighted by Gasteiger charge is 2.46. The number of benzene rings is 4. The number of ether oxygens (including phenoxy) is 2. The van der Waals surface area contributed by atoms with Crippen molar-refractivity contribution in [2.45, 2.75) is 52.4 Å². The molecule has 0 saturated heterocycles. The highest BCUT2D eigenvalue weighted by Crippen LogP contribution is 2.59. The van der Waals surface area contributed by atoms with Gasteiger partial charge in [-0.1, -0.05) is 149 Å². The normalized spacial score (nSPS) is 22.4. The third kappa shape index (κ3) is 6.56. The van der Waals surface area contributed by atoms with Crippen LogP contribution in [0.4, 0.5) is 0 Å². The molecule has 0 aromatic heterocycles. The van der Waals surface area contributed by atoms with Crippen LogP contribution < -0.4 is 21.2 Å². The molecule has 4 atom stereocenters. The van der Waals surface area contributed by atoms with Crippen molar-refractivity contribution in [3.8, 4) is 0 Å². The molecule has 2 aliphatic rings. The van der Waals surface area contributed by atoms with E-state index >= 15 is 0 Å². The third-order valence-corrected chi connectivity index (χ3v) is 13.9. The van der Waals surface area contributed by atoms with Gasteiger partial charge in [0, 0.05) is 5.31 Å². The summed E-state index contributed by atoms with van der Waals surface area (Å²) in [5.41, 5.74) is 0. The van der Waals surface area contributed by atoms with E-state index in [1.807, 2.05) is 12.1 Å². The van der Waals surface area contributed by atoms with E-state index in [9.17, 15) is 4.79 Å². The Morgan fingerprint density at radius 3 is 1.56 bits per heavy atom. The fourth-order valence-corrected chi connectivity index (χ4v) is 11.9. The first-order valence-electron chi connectivity index (χ1n) is 15.4. The van der Waals surface area contributed by atoms with Crippen molar-refractivity contribution in [3.63, 3.8) is 0 Å². The van der Waals surface area contributed by atoms with E-state index in [4.69, 9.17) is 9.47 Å². The Hall–Kier alpha value is -3.09. The molecule has 1 saturated carbocycles. The molecule has 6 rings (SSSR count). The van der Waals surface area contributed by atoms with Gasteiger partial charge in [-0.05, 0) is 67.7 Å². The lowest BCUT2D eigenvalue weighted by atomic mass is 9.75. The summed E-state index contributed by atoms with van der Waals surface area (Å²) in [5.74, 6) is 1.27. The summed E-state index contributed by atoms with van der Waals surface area (Å²) < 4.78 is 13.5. The first-order chi connectivity index (χ1) is 21.0. The first kappa shape index (κ1) is 30.0. The molecule has 0 bridgehead atoms. The lowest BCUT2D eigenvalue weighted by molar-refractivity contribution is -0.179. The Labute approximate surface area is 258 Å². The van der Waals surface area contributed by atoms with E-state index in [0.29, 0.717) is 17.8 Å². The van der Waals surface area contributed by atoms with Gasteiger partial charge in [-0.15, -0.1) is 0 Å². The van der Waals surface area contributed by atoms with Gasteiger partial charge in [0.2, 0.25) is 6.29 Å². The largest absolute Gasteiger partial charge is 0.427 e. The zero-order valence-electron chi connectivity index (χ0n) is 25.2. The van der Waals surface area contributed by atoms with Crippen molar-refractivity contribution in [1.29, 1.82) is 0 Å². The van der Waals surface area contributed by atoms with Crippen LogP contribution in [0.15, 0.2) is 132 Å². The maximum absolute atomic E-state index is 14.3. The fourth-order valence-electron chi connectivity index (χ4n) is 6.51. The molecule has 220 valence electrons. The van der Waals surface area contributed by atoms with Crippen LogP contribution in [-0.2, 0) is 14.3 Å². The molecule has 0 spiro atoms. The number of hydrogen-bond acceptors (Lipinski definition) is 3. The molecule has 1 fully saturated rings. The molecule has 0 amide bonds. The Morgan fingerprint density at radius 2 is 1.12 bits per heavy atom. The van der Waals surface area contributed by atoms with Crippen LogP contribution >= 0.6 is 15.8 Å². The second kappa shape index (κ2) is 13.7. The minimum absolute atomic E-state index is 0.0407. The molecule has 1 heterocycles. The molecule has 0 radical (unpaired) electrons. The minimum atomic E-state index is -1.18. The Bertz CT molecular complexity index is 1440. The lowest BCUT2D eigenvalue weighted by Gasteiger charge is -2.39. The molecule has 1 aliphatic heterocycles. The van der Waals surface area contributed by atoms with E-state index in [0.717, 1.165) is 34.1 Å². The maximum atomic E-state index is 14.3. The SMILES string of the molecule is CC1CCC(C(C)C)C(O[C@H]2OC(=O)C(P(c3ccccc3)c3ccccc3)=C2P(c2ccccc2)c2ccccc2)C1. The van der Waals surface area contributed by atoms with Crippen LogP contribution in [0.5, 0.6) is 0 Å². The number of cyclic esters (lactones) is 1. The van der Waals surface area contributed by atoms with Gasteiger partial charge in [-0.25, -0.2) is 4.79 Å². The van der Waals surface area contributed by atoms with Crippen LogP contribution in [0.25, 0.3) is 0 Å². The smallest absolute Gasteiger partial charge is 0.342 e. The first-order valence-corrected chi connectivity index (χ1v) is 18.1. The summed E-state index contributed by atoms with van der Waals surface area (Å²) in [6.45, 7) is 6.91. The number of carbonyl (C=O) groups is 1. The lowest BCUT2D eigenvalue weighted by Crippen LogP contribution is -2.38. The minimum Gasteiger partial charge on any atom is -0.427 e. The molecule has 0 N–H and O–H groups in total. The summed E-state index contributed by atoms with van der Waals surface area (Å²) in [5, 5.41) is 6.44. The van der Waals surface area contributed by atoms with Gasteiger partial charge >= 0.3 is 5.97 Å². The molecule has 4 aromatic carbocycles. The van der Waals surface area contributed by atoms with Crippen LogP contribution in [0.2, 0.25) is 0 Å². The van der Waals surface area contributed by atoms with Gasteiger partial charge in [-0.3, -0.25) is 0 Å². The summed E-state index contributed by atoms with van der Waals surface area (Å²) in [4.78, 5) is 14.3. The van der Waals surface area contributed by atoms with Gasteiger partial charge in [0.25, 0.3) is 0 Å². The zero-order valence-corrected chi connectivity index (χ0v) is 27.0. The topological polar surface area (TPSA) is 35.5 Å². The van der Waals surface area contributed by atoms with Gasteiger partial charge in [-0.2, -0.15) is 0 Å². The number of carbonyl (C=O) groups excluding carboxylic acids is 1. The molecule has 4 aromatic rings. The Morgan fingerprint density at radius 1 is 0.674 bits per heavy atom. The molecule has 43 heavy (non-hydrogen) atoms. The summed E-state index contributed by atoms with van der Waals surface area (Å²) in [7, 11) is -2.30. The van der Waals surface area contributed by atoms with Crippen LogP contribution in [0, 0.1) is 17.8 Å². The predicted octanol–water partition coefficient (Wildman–Crippen LogP) is 7.82.